The van der Waals surface area contributed by atoms with Gasteiger partial charge in [-0.3, -0.25) is 4.79 Å². The van der Waals surface area contributed by atoms with E-state index in [4.69, 9.17) is 10.2 Å². The Morgan fingerprint density at radius 2 is 2.15 bits per heavy atom. The first-order valence-electron chi connectivity index (χ1n) is 4.61. The molecule has 0 bridgehead atoms. The molecule has 0 rings (SSSR count). The molecule has 0 aliphatic rings. The van der Waals surface area contributed by atoms with E-state index in [0.717, 1.165) is 25.0 Å². The van der Waals surface area contributed by atoms with E-state index in [1.165, 1.54) is 0 Å². The second-order valence-corrected chi connectivity index (χ2v) is 4.59. The van der Waals surface area contributed by atoms with Crippen molar-refractivity contribution < 1.29 is 15.0 Å². The molecule has 0 heterocycles. The number of hydrogen-bond acceptors (Lipinski definition) is 3. The maximum atomic E-state index is 10.2. The molecule has 0 spiro atoms. The highest BCUT2D eigenvalue weighted by molar-refractivity contribution is 7.99. The summed E-state index contributed by atoms with van der Waals surface area (Å²) in [4.78, 5) is 10.2. The summed E-state index contributed by atoms with van der Waals surface area (Å²) in [7, 11) is 0. The lowest BCUT2D eigenvalue weighted by molar-refractivity contribution is -0.137. The van der Waals surface area contributed by atoms with Crippen LogP contribution < -0.4 is 0 Å². The van der Waals surface area contributed by atoms with Crippen molar-refractivity contribution in [1.82, 2.24) is 0 Å². The van der Waals surface area contributed by atoms with Gasteiger partial charge in [-0.25, -0.2) is 0 Å². The summed E-state index contributed by atoms with van der Waals surface area (Å²) in [5.74, 6) is 0.280. The van der Waals surface area contributed by atoms with Crippen LogP contribution in [0.25, 0.3) is 0 Å². The predicted octanol–water partition coefficient (Wildman–Crippen LogP) is 1.75. The van der Waals surface area contributed by atoms with Gasteiger partial charge in [0.25, 0.3) is 0 Å². The Morgan fingerprint density at radius 1 is 1.46 bits per heavy atom. The molecule has 4 heteroatoms. The van der Waals surface area contributed by atoms with Crippen LogP contribution in [0.4, 0.5) is 0 Å². The number of rotatable bonds is 8. The number of hydrogen-bond donors (Lipinski definition) is 2. The summed E-state index contributed by atoms with van der Waals surface area (Å²) in [5.41, 5.74) is 0. The number of unbranched alkanes of at least 4 members (excludes halogenated alkanes) is 1. The Kier molecular flexibility index (Phi) is 8.24. The second-order valence-electron chi connectivity index (χ2n) is 3.04. The molecule has 0 amide bonds. The highest BCUT2D eigenvalue weighted by atomic mass is 32.2. The Morgan fingerprint density at radius 3 is 2.69 bits per heavy atom. The minimum absolute atomic E-state index is 0.239. The van der Waals surface area contributed by atoms with E-state index in [9.17, 15) is 4.79 Å². The zero-order chi connectivity index (χ0) is 10.1. The molecule has 0 aromatic rings. The molecule has 0 aromatic carbocycles. The SMILES string of the molecule is CC(CCO)SCCCCC(=O)O. The lowest BCUT2D eigenvalue weighted by Crippen LogP contribution is -2.01. The molecule has 0 saturated carbocycles. The first-order valence-corrected chi connectivity index (χ1v) is 5.66. The van der Waals surface area contributed by atoms with Crippen molar-refractivity contribution in [1.29, 1.82) is 0 Å². The second kappa shape index (κ2) is 8.38. The van der Waals surface area contributed by atoms with Crippen molar-refractivity contribution in [3.05, 3.63) is 0 Å². The number of thioether (sulfide) groups is 1. The molecule has 2 N–H and O–H groups in total. The van der Waals surface area contributed by atoms with Crippen LogP contribution in [0.5, 0.6) is 0 Å². The highest BCUT2D eigenvalue weighted by Crippen LogP contribution is 2.15. The summed E-state index contributed by atoms with van der Waals surface area (Å²) >= 11 is 1.80. The summed E-state index contributed by atoms with van der Waals surface area (Å²) in [5, 5.41) is 17.5. The van der Waals surface area contributed by atoms with Crippen molar-refractivity contribution in [2.75, 3.05) is 12.4 Å². The maximum Gasteiger partial charge on any atom is 0.303 e. The molecule has 0 aromatic heterocycles. The fourth-order valence-corrected chi connectivity index (χ4v) is 1.97. The molecule has 0 aliphatic heterocycles. The third-order valence-corrected chi connectivity index (χ3v) is 3.05. The Bertz CT molecular complexity index is 139. The van der Waals surface area contributed by atoms with E-state index in [1.54, 1.807) is 11.8 Å². The largest absolute Gasteiger partial charge is 0.481 e. The number of carbonyl (C=O) groups is 1. The number of aliphatic hydroxyl groups excluding tert-OH is 1. The zero-order valence-electron chi connectivity index (χ0n) is 8.03. The van der Waals surface area contributed by atoms with Gasteiger partial charge in [-0.15, -0.1) is 0 Å². The Labute approximate surface area is 83.5 Å². The van der Waals surface area contributed by atoms with Crippen LogP contribution in [0.2, 0.25) is 0 Å². The van der Waals surface area contributed by atoms with E-state index < -0.39 is 5.97 Å². The van der Waals surface area contributed by atoms with Crippen molar-refractivity contribution in [3.8, 4) is 0 Å². The molecule has 0 radical (unpaired) electrons. The van der Waals surface area contributed by atoms with Crippen LogP contribution in [-0.4, -0.2) is 33.8 Å². The van der Waals surface area contributed by atoms with E-state index in [1.807, 2.05) is 0 Å². The predicted molar refractivity (Wildman–Crippen MR) is 55.1 cm³/mol. The van der Waals surface area contributed by atoms with Crippen LogP contribution in [-0.2, 0) is 4.79 Å². The molecule has 3 nitrogen and oxygen atoms in total. The third kappa shape index (κ3) is 9.70. The van der Waals surface area contributed by atoms with Crippen molar-refractivity contribution in [2.45, 2.75) is 37.9 Å². The van der Waals surface area contributed by atoms with Gasteiger partial charge in [0.2, 0.25) is 0 Å². The van der Waals surface area contributed by atoms with Crippen LogP contribution in [0.3, 0.4) is 0 Å². The van der Waals surface area contributed by atoms with Gasteiger partial charge >= 0.3 is 5.97 Å². The van der Waals surface area contributed by atoms with E-state index in [-0.39, 0.29) is 13.0 Å². The van der Waals surface area contributed by atoms with Gasteiger partial charge in [0.05, 0.1) is 0 Å². The van der Waals surface area contributed by atoms with Gasteiger partial charge in [-0.2, -0.15) is 11.8 Å². The lowest BCUT2D eigenvalue weighted by atomic mass is 10.2. The fourth-order valence-electron chi connectivity index (χ4n) is 0.928. The summed E-state index contributed by atoms with van der Waals surface area (Å²) in [6, 6.07) is 0. The van der Waals surface area contributed by atoms with E-state index in [0.29, 0.717) is 5.25 Å². The standard InChI is InChI=1S/C9H18O3S/c1-8(5-6-10)13-7-3-2-4-9(11)12/h8,10H,2-7H2,1H3,(H,11,12). The highest BCUT2D eigenvalue weighted by Gasteiger charge is 2.01. The van der Waals surface area contributed by atoms with Gasteiger partial charge < -0.3 is 10.2 Å². The van der Waals surface area contributed by atoms with E-state index in [2.05, 4.69) is 6.92 Å². The number of aliphatic hydroxyl groups is 1. The lowest BCUT2D eigenvalue weighted by Gasteiger charge is -2.08. The normalized spacial score (nSPS) is 12.8. The minimum Gasteiger partial charge on any atom is -0.481 e. The first-order chi connectivity index (χ1) is 6.16. The average Bonchev–Trinajstić information content (AvgIpc) is 2.03. The van der Waals surface area contributed by atoms with Crippen LogP contribution in [0.1, 0.15) is 32.6 Å². The maximum absolute atomic E-state index is 10.2. The van der Waals surface area contributed by atoms with Crippen LogP contribution in [0.15, 0.2) is 0 Å². The molecular weight excluding hydrogens is 188 g/mol. The molecule has 13 heavy (non-hydrogen) atoms. The average molecular weight is 206 g/mol. The Balaban J connectivity index is 3.11. The van der Waals surface area contributed by atoms with E-state index >= 15 is 0 Å². The summed E-state index contributed by atoms with van der Waals surface area (Å²) < 4.78 is 0. The number of carboxylic acid groups (broad SMARTS) is 1. The Hall–Kier alpha value is -0.220. The molecule has 78 valence electrons. The van der Waals surface area contributed by atoms with Crippen molar-refractivity contribution in [3.63, 3.8) is 0 Å². The third-order valence-electron chi connectivity index (χ3n) is 1.72. The molecule has 0 aliphatic carbocycles. The number of aliphatic carboxylic acids is 1. The van der Waals surface area contributed by atoms with Gasteiger partial charge in [0.1, 0.15) is 0 Å². The summed E-state index contributed by atoms with van der Waals surface area (Å²) in [6.07, 6.45) is 2.81. The van der Waals surface area contributed by atoms with Gasteiger partial charge in [-0.1, -0.05) is 6.92 Å². The van der Waals surface area contributed by atoms with Gasteiger partial charge in [-0.05, 0) is 25.0 Å². The smallest absolute Gasteiger partial charge is 0.303 e. The van der Waals surface area contributed by atoms with Crippen molar-refractivity contribution >= 4 is 17.7 Å². The quantitative estimate of drug-likeness (QED) is 0.594. The fraction of sp³-hybridized carbons (Fsp3) is 0.889. The summed E-state index contributed by atoms with van der Waals surface area (Å²) in [6.45, 7) is 2.32. The minimum atomic E-state index is -0.714. The molecular formula is C9H18O3S. The zero-order valence-corrected chi connectivity index (χ0v) is 8.85. The van der Waals surface area contributed by atoms with Gasteiger partial charge in [0.15, 0.2) is 0 Å². The van der Waals surface area contributed by atoms with Crippen LogP contribution in [0, 0.1) is 0 Å². The van der Waals surface area contributed by atoms with Gasteiger partial charge in [0, 0.05) is 18.3 Å². The molecule has 1 atom stereocenters. The van der Waals surface area contributed by atoms with Crippen LogP contribution >= 0.6 is 11.8 Å². The monoisotopic (exact) mass is 206 g/mol. The first kappa shape index (κ1) is 12.8. The molecule has 0 fully saturated rings. The number of carboxylic acids is 1. The van der Waals surface area contributed by atoms with Crippen molar-refractivity contribution in [2.24, 2.45) is 0 Å². The molecule has 1 unspecified atom stereocenters. The molecule has 0 saturated heterocycles. The topological polar surface area (TPSA) is 57.5 Å².